The van der Waals surface area contributed by atoms with E-state index < -0.39 is 0 Å². The van der Waals surface area contributed by atoms with Crippen molar-refractivity contribution in [2.45, 2.75) is 64.8 Å². The van der Waals surface area contributed by atoms with Crippen LogP contribution in [0.5, 0.6) is 0 Å². The summed E-state index contributed by atoms with van der Waals surface area (Å²) in [4.78, 5) is 1.72. The van der Waals surface area contributed by atoms with Gasteiger partial charge in [0, 0.05) is 32.2 Å². The molecule has 1 aliphatic rings. The summed E-state index contributed by atoms with van der Waals surface area (Å²) in [5.41, 5.74) is 11.3. The van der Waals surface area contributed by atoms with Gasteiger partial charge >= 0.3 is 0 Å². The van der Waals surface area contributed by atoms with Crippen molar-refractivity contribution in [3.63, 3.8) is 0 Å². The van der Waals surface area contributed by atoms with Gasteiger partial charge < -0.3 is 21.5 Å². The molecule has 1 aromatic carbocycles. The van der Waals surface area contributed by atoms with Crippen LogP contribution in [0.3, 0.4) is 0 Å². The van der Waals surface area contributed by atoms with Crippen LogP contribution in [-0.2, 0) is 0 Å². The van der Waals surface area contributed by atoms with Crippen LogP contribution < -0.4 is 16.2 Å². The van der Waals surface area contributed by atoms with Gasteiger partial charge in [-0.25, -0.2) is 9.11 Å². The largest absolute Gasteiger partial charge is 0.405 e. The van der Waals surface area contributed by atoms with Crippen molar-refractivity contribution >= 4 is 12.3 Å². The molecule has 6 N–H and O–H groups in total. The van der Waals surface area contributed by atoms with Gasteiger partial charge in [-0.05, 0) is 49.6 Å². The first-order valence-corrected chi connectivity index (χ1v) is 11.9. The van der Waals surface area contributed by atoms with E-state index in [2.05, 4.69) is 29.7 Å². The molecule has 5 nitrogen and oxygen atoms in total. The van der Waals surface area contributed by atoms with Gasteiger partial charge in [0.25, 0.3) is 0 Å². The molecule has 1 fully saturated rings. The highest BCUT2D eigenvalue weighted by Gasteiger charge is 2.18. The molecule has 1 saturated carbocycles. The third kappa shape index (κ3) is 15.1. The predicted molar refractivity (Wildman–Crippen MR) is 136 cm³/mol. The van der Waals surface area contributed by atoms with E-state index in [1.807, 2.05) is 19.9 Å². The molecule has 0 amide bonds. The Balaban J connectivity index is 0. The SMILES string of the molecule is C=C(N)N(C)CC(CO)C(C)NSF.C=CN.CC.Fc1cccc(C2CCCCC2)c1. The third-order valence-corrected chi connectivity index (χ3v) is 5.56. The average Bonchev–Trinajstić information content (AvgIpc) is 2.80. The Hall–Kier alpha value is -1.77. The fraction of sp³-hybridized carbons (Fsp3) is 0.583. The average molecular weight is 475 g/mol. The van der Waals surface area contributed by atoms with E-state index in [9.17, 15) is 8.28 Å². The summed E-state index contributed by atoms with van der Waals surface area (Å²) in [5, 5.41) is 9.08. The van der Waals surface area contributed by atoms with Crippen molar-refractivity contribution in [2.75, 3.05) is 20.2 Å². The molecule has 0 saturated heterocycles. The second-order valence-corrected chi connectivity index (χ2v) is 7.81. The lowest BCUT2D eigenvalue weighted by Gasteiger charge is -2.27. The normalized spacial score (nSPS) is 14.7. The van der Waals surface area contributed by atoms with Gasteiger partial charge in [-0.2, -0.15) is 0 Å². The van der Waals surface area contributed by atoms with Crippen LogP contribution in [0.2, 0.25) is 0 Å². The molecule has 1 aromatic rings. The number of nitrogens with two attached hydrogens (primary N) is 2. The van der Waals surface area contributed by atoms with Crippen molar-refractivity contribution in [1.29, 1.82) is 0 Å². The van der Waals surface area contributed by atoms with Gasteiger partial charge in [0.15, 0.2) is 0 Å². The van der Waals surface area contributed by atoms with Crippen LogP contribution in [0.15, 0.2) is 49.4 Å². The van der Waals surface area contributed by atoms with Gasteiger partial charge in [0.05, 0.1) is 5.82 Å². The number of rotatable bonds is 8. The molecule has 2 rings (SSSR count). The highest BCUT2D eigenvalue weighted by atomic mass is 32.2. The summed E-state index contributed by atoms with van der Waals surface area (Å²) < 4.78 is 27.4. The molecule has 1 aliphatic carbocycles. The van der Waals surface area contributed by atoms with Crippen molar-refractivity contribution in [3.8, 4) is 0 Å². The number of nitrogens with zero attached hydrogens (tertiary/aromatic N) is 1. The Morgan fingerprint density at radius 1 is 1.34 bits per heavy atom. The Kier molecular flexibility index (Phi) is 21.4. The van der Waals surface area contributed by atoms with E-state index in [0.717, 1.165) is 0 Å². The first-order chi connectivity index (χ1) is 15.3. The first kappa shape index (κ1) is 32.4. The molecule has 186 valence electrons. The molecular weight excluding hydrogens is 430 g/mol. The highest BCUT2D eigenvalue weighted by molar-refractivity contribution is 7.92. The van der Waals surface area contributed by atoms with E-state index in [0.29, 0.717) is 18.3 Å². The fourth-order valence-electron chi connectivity index (χ4n) is 3.21. The standard InChI is InChI=1S/C12H15F.C8H18FN3OS.C2H5N.C2H6/c13-12-8-4-7-11(9-12)10-5-2-1-3-6-10;1-6(11-14-9)8(5-13)4-12(3)7(2)10;1-2-3;1-2/h4,7-10H,1-3,5-6H2;6,8,11,13H,2,4-5,10H2,1,3H3;2H,1,3H2;1-2H3. The molecule has 0 heterocycles. The minimum absolute atomic E-state index is 0.0215. The van der Waals surface area contributed by atoms with Crippen molar-refractivity contribution < 1.29 is 13.4 Å². The highest BCUT2D eigenvalue weighted by Crippen LogP contribution is 2.32. The topological polar surface area (TPSA) is 87.5 Å². The molecule has 0 aliphatic heterocycles. The van der Waals surface area contributed by atoms with Gasteiger partial charge in [-0.3, -0.25) is 0 Å². The first-order valence-electron chi connectivity index (χ1n) is 11.2. The number of hydrogen-bond donors (Lipinski definition) is 4. The molecule has 2 unspecified atom stereocenters. The van der Waals surface area contributed by atoms with Crippen LogP contribution in [0.25, 0.3) is 0 Å². The predicted octanol–water partition coefficient (Wildman–Crippen LogP) is 5.46. The molecule has 8 heteroatoms. The van der Waals surface area contributed by atoms with Crippen LogP contribution >= 0.6 is 12.3 Å². The lowest BCUT2D eigenvalue weighted by molar-refractivity contribution is 0.173. The number of benzene rings is 1. The number of aliphatic hydroxyl groups is 1. The minimum atomic E-state index is -0.128. The number of hydrogen-bond acceptors (Lipinski definition) is 6. The number of aliphatic hydroxyl groups excluding tert-OH is 1. The van der Waals surface area contributed by atoms with Crippen LogP contribution in [0.1, 0.15) is 64.4 Å². The van der Waals surface area contributed by atoms with Crippen molar-refractivity contribution in [2.24, 2.45) is 17.4 Å². The molecular formula is C24H44F2N4OS. The molecule has 0 bridgehead atoms. The maximum atomic E-state index is 12.9. The van der Waals surface area contributed by atoms with Gasteiger partial charge in [-0.15, -0.1) is 3.89 Å². The maximum Gasteiger partial charge on any atom is 0.131 e. The smallest absolute Gasteiger partial charge is 0.131 e. The Labute approximate surface area is 198 Å². The summed E-state index contributed by atoms with van der Waals surface area (Å²) in [6.07, 6.45) is 7.70. The zero-order valence-electron chi connectivity index (χ0n) is 20.2. The maximum absolute atomic E-state index is 12.9. The Morgan fingerprint density at radius 3 is 2.34 bits per heavy atom. The number of nitrogens with one attached hydrogen (secondary N) is 1. The Bertz CT molecular complexity index is 601. The monoisotopic (exact) mass is 474 g/mol. The summed E-state index contributed by atoms with van der Waals surface area (Å²) in [7, 11) is 1.78. The summed E-state index contributed by atoms with van der Waals surface area (Å²) >= 11 is 0.0556. The van der Waals surface area contributed by atoms with Crippen LogP contribution in [-0.4, -0.2) is 36.2 Å². The molecule has 0 spiro atoms. The van der Waals surface area contributed by atoms with Gasteiger partial charge in [0.1, 0.15) is 18.2 Å². The number of halogens is 2. The minimum Gasteiger partial charge on any atom is -0.405 e. The lowest BCUT2D eigenvalue weighted by Crippen LogP contribution is -2.39. The zero-order chi connectivity index (χ0) is 24.9. The summed E-state index contributed by atoms with van der Waals surface area (Å²) in [6, 6.07) is 6.96. The quantitative estimate of drug-likeness (QED) is 0.375. The molecule has 2 atom stereocenters. The summed E-state index contributed by atoms with van der Waals surface area (Å²) in [5.74, 6) is 0.875. The van der Waals surface area contributed by atoms with Gasteiger partial charge in [-0.1, -0.05) is 58.4 Å². The Morgan fingerprint density at radius 2 is 1.91 bits per heavy atom. The van der Waals surface area contributed by atoms with Gasteiger partial charge in [0.2, 0.25) is 0 Å². The zero-order valence-corrected chi connectivity index (χ0v) is 21.0. The second-order valence-electron chi connectivity index (χ2n) is 7.42. The second kappa shape index (κ2) is 21.1. The van der Waals surface area contributed by atoms with E-state index in [4.69, 9.17) is 10.8 Å². The van der Waals surface area contributed by atoms with E-state index in [1.54, 1.807) is 24.9 Å². The molecule has 0 radical (unpaired) electrons. The van der Waals surface area contributed by atoms with Crippen LogP contribution in [0.4, 0.5) is 8.28 Å². The van der Waals surface area contributed by atoms with Crippen molar-refractivity contribution in [1.82, 2.24) is 9.62 Å². The molecule has 32 heavy (non-hydrogen) atoms. The lowest BCUT2D eigenvalue weighted by atomic mass is 9.84. The third-order valence-electron chi connectivity index (χ3n) is 5.10. The van der Waals surface area contributed by atoms with E-state index >= 15 is 0 Å². The van der Waals surface area contributed by atoms with E-state index in [1.165, 1.54) is 49.9 Å². The van der Waals surface area contributed by atoms with E-state index in [-0.39, 0.29) is 36.7 Å². The molecule has 0 aromatic heterocycles. The van der Waals surface area contributed by atoms with Crippen LogP contribution in [0, 0.1) is 11.7 Å². The van der Waals surface area contributed by atoms with Crippen molar-refractivity contribution in [3.05, 3.63) is 60.8 Å². The summed E-state index contributed by atoms with van der Waals surface area (Å²) in [6.45, 7) is 13.0. The fourth-order valence-corrected chi connectivity index (χ4v) is 3.54.